The summed E-state index contributed by atoms with van der Waals surface area (Å²) in [4.78, 5) is 12.0. The first kappa shape index (κ1) is 42.3. The van der Waals surface area contributed by atoms with Crippen molar-refractivity contribution in [2.75, 3.05) is 4.90 Å². The molecule has 11 rings (SSSR count). The van der Waals surface area contributed by atoms with Crippen LogP contribution < -0.4 is 4.90 Å². The van der Waals surface area contributed by atoms with Gasteiger partial charge in [0.15, 0.2) is 5.82 Å². The largest absolute Gasteiger partial charge is 0.310 e. The lowest BCUT2D eigenvalue weighted by Gasteiger charge is -2.25. The van der Waals surface area contributed by atoms with Crippen LogP contribution in [-0.2, 0) is 0 Å². The summed E-state index contributed by atoms with van der Waals surface area (Å²) in [5.74, 6) is 0.470. The number of aromatic nitrogens is 3. The molecule has 11 aromatic rings. The summed E-state index contributed by atoms with van der Waals surface area (Å²) in [6.45, 7) is 0. The average molecular weight is 893 g/mol. The third kappa shape index (κ3) is 7.83. The van der Waals surface area contributed by atoms with Crippen LogP contribution in [0.25, 0.3) is 83.6 Å². The molecular formula is C62H36N8. The number of benzene rings is 9. The Morgan fingerprint density at radius 3 is 1.43 bits per heavy atom. The van der Waals surface area contributed by atoms with Gasteiger partial charge in [0.1, 0.15) is 12.1 Å². The molecule has 0 bridgehead atoms. The Labute approximate surface area is 404 Å². The van der Waals surface area contributed by atoms with Gasteiger partial charge in [0.25, 0.3) is 0 Å². The summed E-state index contributed by atoms with van der Waals surface area (Å²) >= 11 is 0. The van der Waals surface area contributed by atoms with Crippen LogP contribution in [-0.4, -0.2) is 14.5 Å². The zero-order valence-electron chi connectivity index (χ0n) is 37.4. The SMILES string of the molecule is N#Cc1cccc(-c2cc(-c3ccc(-c4ccc(-c5cc(C#N)c(-n6c7ccccc7c7cc(N(c8ccccc8)c8ccccc8)ccc76)c(C#N)c5)cc4)cc3)nc(-c3cccc(C#N)c3)n2)c1. The Bertz CT molecular complexity index is 3830. The van der Waals surface area contributed by atoms with Gasteiger partial charge in [0, 0.05) is 44.5 Å². The molecule has 0 fully saturated rings. The molecule has 0 N–H and O–H groups in total. The molecule has 70 heavy (non-hydrogen) atoms. The Kier molecular flexibility index (Phi) is 10.9. The summed E-state index contributed by atoms with van der Waals surface area (Å²) in [7, 11) is 0. The monoisotopic (exact) mass is 892 g/mol. The summed E-state index contributed by atoms with van der Waals surface area (Å²) in [6, 6.07) is 80.8. The lowest BCUT2D eigenvalue weighted by atomic mass is 9.95. The van der Waals surface area contributed by atoms with Gasteiger partial charge in [-0.1, -0.05) is 127 Å². The molecule has 2 heterocycles. The van der Waals surface area contributed by atoms with Crippen LogP contribution in [0.1, 0.15) is 22.3 Å². The maximum atomic E-state index is 10.8. The molecule has 0 aliphatic carbocycles. The molecule has 9 aromatic carbocycles. The molecule has 0 saturated carbocycles. The van der Waals surface area contributed by atoms with Crippen molar-refractivity contribution in [1.29, 1.82) is 21.0 Å². The fourth-order valence-electron chi connectivity index (χ4n) is 9.19. The normalized spacial score (nSPS) is 10.8. The Balaban J connectivity index is 0.928. The number of nitrogens with zero attached hydrogens (tertiary/aromatic N) is 8. The standard InChI is InChI=1S/C62H36N8/c63-37-41-11-9-13-47(31-41)58-36-57(67-62(68-58)48-14-10-12-42(32-48)38-64)46-27-25-44(26-28-46)43-21-23-45(24-22-43)49-33-50(39-65)61(51(34-49)40-66)70-59-20-8-7-19-55(59)56-35-54(29-30-60(56)70)69(52-15-3-1-4-16-52)53-17-5-2-6-18-53/h1-36H. The highest BCUT2D eigenvalue weighted by molar-refractivity contribution is 6.11. The minimum Gasteiger partial charge on any atom is -0.310 e. The zero-order valence-corrected chi connectivity index (χ0v) is 37.4. The van der Waals surface area contributed by atoms with Crippen LogP contribution in [0, 0.1) is 45.3 Å². The van der Waals surface area contributed by atoms with E-state index in [0.29, 0.717) is 50.7 Å². The van der Waals surface area contributed by atoms with Gasteiger partial charge in [-0.05, 0) is 113 Å². The summed E-state index contributed by atoms with van der Waals surface area (Å²) in [5.41, 5.74) is 14.5. The van der Waals surface area contributed by atoms with Crippen LogP contribution in [0.5, 0.6) is 0 Å². The molecule has 0 unspecified atom stereocenters. The van der Waals surface area contributed by atoms with E-state index in [1.807, 2.05) is 146 Å². The first-order valence-electron chi connectivity index (χ1n) is 22.5. The van der Waals surface area contributed by atoms with Gasteiger partial charge in [-0.2, -0.15) is 21.0 Å². The van der Waals surface area contributed by atoms with Crippen molar-refractivity contribution < 1.29 is 0 Å². The van der Waals surface area contributed by atoms with Crippen molar-refractivity contribution in [3.63, 3.8) is 0 Å². The Morgan fingerprint density at radius 1 is 0.343 bits per heavy atom. The van der Waals surface area contributed by atoms with Gasteiger partial charge in [0.2, 0.25) is 0 Å². The van der Waals surface area contributed by atoms with Crippen LogP contribution in [0.15, 0.2) is 218 Å². The highest BCUT2D eigenvalue weighted by atomic mass is 15.1. The molecule has 0 atom stereocenters. The molecule has 0 amide bonds. The summed E-state index contributed by atoms with van der Waals surface area (Å²) in [6.07, 6.45) is 0. The summed E-state index contributed by atoms with van der Waals surface area (Å²) in [5, 5.41) is 42.8. The fourth-order valence-corrected chi connectivity index (χ4v) is 9.19. The lowest BCUT2D eigenvalue weighted by molar-refractivity contribution is 1.15. The lowest BCUT2D eigenvalue weighted by Crippen LogP contribution is -2.09. The molecule has 8 nitrogen and oxygen atoms in total. The smallest absolute Gasteiger partial charge is 0.160 e. The molecular weight excluding hydrogens is 857 g/mol. The minimum atomic E-state index is 0.391. The van der Waals surface area contributed by atoms with Crippen molar-refractivity contribution in [3.05, 3.63) is 241 Å². The Morgan fingerprint density at radius 2 is 0.843 bits per heavy atom. The molecule has 324 valence electrons. The zero-order chi connectivity index (χ0) is 47.6. The van der Waals surface area contributed by atoms with Gasteiger partial charge in [-0.3, -0.25) is 0 Å². The number of hydrogen-bond acceptors (Lipinski definition) is 7. The average Bonchev–Trinajstić information content (AvgIpc) is 3.76. The van der Waals surface area contributed by atoms with E-state index in [-0.39, 0.29) is 0 Å². The number of fused-ring (bicyclic) bond motifs is 3. The molecule has 0 spiro atoms. The predicted molar refractivity (Wildman–Crippen MR) is 277 cm³/mol. The topological polar surface area (TPSA) is 129 Å². The van der Waals surface area contributed by atoms with E-state index in [1.54, 1.807) is 24.3 Å². The van der Waals surface area contributed by atoms with Gasteiger partial charge in [-0.25, -0.2) is 9.97 Å². The van der Waals surface area contributed by atoms with Crippen molar-refractivity contribution in [2.24, 2.45) is 0 Å². The highest BCUT2D eigenvalue weighted by Crippen LogP contribution is 2.41. The molecule has 2 aromatic heterocycles. The summed E-state index contributed by atoms with van der Waals surface area (Å²) < 4.78 is 2.05. The van der Waals surface area contributed by atoms with Crippen molar-refractivity contribution in [2.45, 2.75) is 0 Å². The van der Waals surface area contributed by atoms with Gasteiger partial charge in [-0.15, -0.1) is 0 Å². The van der Waals surface area contributed by atoms with Crippen molar-refractivity contribution in [1.82, 2.24) is 14.5 Å². The molecule has 0 aliphatic rings. The first-order chi connectivity index (χ1) is 34.5. The van der Waals surface area contributed by atoms with E-state index in [0.717, 1.165) is 72.2 Å². The predicted octanol–water partition coefficient (Wildman–Crippen LogP) is 14.9. The van der Waals surface area contributed by atoms with E-state index in [1.165, 1.54) is 0 Å². The van der Waals surface area contributed by atoms with Gasteiger partial charge < -0.3 is 9.47 Å². The van der Waals surface area contributed by atoms with Crippen LogP contribution in [0.4, 0.5) is 17.1 Å². The third-order valence-corrected chi connectivity index (χ3v) is 12.5. The number of rotatable bonds is 9. The van der Waals surface area contributed by atoms with Crippen molar-refractivity contribution in [3.8, 4) is 86.1 Å². The maximum absolute atomic E-state index is 10.8. The molecule has 0 aliphatic heterocycles. The fraction of sp³-hybridized carbons (Fsp3) is 0. The second kappa shape index (κ2) is 18.1. The number of nitriles is 4. The van der Waals surface area contributed by atoms with Crippen molar-refractivity contribution >= 4 is 38.9 Å². The van der Waals surface area contributed by atoms with Crippen LogP contribution in [0.3, 0.4) is 0 Å². The van der Waals surface area contributed by atoms with E-state index < -0.39 is 0 Å². The van der Waals surface area contributed by atoms with Gasteiger partial charge in [0.05, 0.1) is 62.5 Å². The number of hydrogen-bond donors (Lipinski definition) is 0. The van der Waals surface area contributed by atoms with Gasteiger partial charge >= 0.3 is 0 Å². The Hall–Kier alpha value is -10.4. The van der Waals surface area contributed by atoms with E-state index in [2.05, 4.69) is 82.3 Å². The van der Waals surface area contributed by atoms with E-state index in [4.69, 9.17) is 9.97 Å². The quantitative estimate of drug-likeness (QED) is 0.141. The molecule has 8 heteroatoms. The highest BCUT2D eigenvalue weighted by Gasteiger charge is 2.22. The first-order valence-corrected chi connectivity index (χ1v) is 22.5. The van der Waals surface area contributed by atoms with E-state index >= 15 is 0 Å². The van der Waals surface area contributed by atoms with E-state index in [9.17, 15) is 21.0 Å². The third-order valence-electron chi connectivity index (χ3n) is 12.5. The maximum Gasteiger partial charge on any atom is 0.160 e. The van der Waals surface area contributed by atoms with Crippen LogP contribution in [0.2, 0.25) is 0 Å². The molecule has 0 saturated heterocycles. The molecule has 0 radical (unpaired) electrons. The number of anilines is 3. The van der Waals surface area contributed by atoms with Crippen LogP contribution >= 0.6 is 0 Å². The second-order valence-corrected chi connectivity index (χ2v) is 16.7. The minimum absolute atomic E-state index is 0.391. The second-order valence-electron chi connectivity index (χ2n) is 16.7. The number of para-hydroxylation sites is 3.